The molecule has 0 spiro atoms. The molecule has 58 valence electrons. The fourth-order valence-electron chi connectivity index (χ4n) is 0.226. The molecule has 6 heteroatoms. The van der Waals surface area contributed by atoms with Gasteiger partial charge in [0.15, 0.2) is 5.57 Å². The van der Waals surface area contributed by atoms with Crippen molar-refractivity contribution >= 4 is 5.94 Å². The van der Waals surface area contributed by atoms with Crippen molar-refractivity contribution in [1.29, 1.82) is 0 Å². The van der Waals surface area contributed by atoms with Gasteiger partial charge in [-0.15, -0.1) is 0 Å². The molecule has 0 aliphatic heterocycles. The molecule has 0 atom stereocenters. The molecule has 10 heavy (non-hydrogen) atoms. The molecule has 0 heterocycles. The van der Waals surface area contributed by atoms with E-state index in [0.717, 1.165) is 0 Å². The zero-order valence-electron chi connectivity index (χ0n) is 4.38. The van der Waals surface area contributed by atoms with E-state index in [4.69, 9.17) is 0 Å². The largest absolute Gasteiger partial charge is 0.428 e. The Balaban J connectivity index is 4.57. The lowest BCUT2D eigenvalue weighted by atomic mass is 10.3. The second-order valence-corrected chi connectivity index (χ2v) is 1.31. The predicted octanol–water partition coefficient (Wildman–Crippen LogP) is 1.57. The summed E-state index contributed by atoms with van der Waals surface area (Å²) in [5.41, 5.74) is -2.47. The van der Waals surface area contributed by atoms with Crippen LogP contribution in [0.15, 0.2) is 5.57 Å². The second kappa shape index (κ2) is 2.79. The maximum atomic E-state index is 11.2. The van der Waals surface area contributed by atoms with Crippen LogP contribution in [0, 0.1) is 0 Å². The van der Waals surface area contributed by atoms with Gasteiger partial charge in [0.2, 0.25) is 0 Å². The molecule has 0 saturated heterocycles. The third kappa shape index (κ3) is 2.14. The lowest BCUT2D eigenvalue weighted by molar-refractivity contribution is -0.107. The van der Waals surface area contributed by atoms with Crippen molar-refractivity contribution < 1.29 is 26.7 Å². The molecule has 0 bridgehead atoms. The van der Waals surface area contributed by atoms with Gasteiger partial charge >= 0.3 is 6.18 Å². The molecular weight excluding hydrogens is 159 g/mol. The van der Waals surface area contributed by atoms with Crippen LogP contribution in [0.4, 0.5) is 22.0 Å². The molecule has 0 aromatic rings. The van der Waals surface area contributed by atoms with Crippen LogP contribution in [0.3, 0.4) is 0 Å². The molecule has 0 saturated carbocycles. The Hall–Kier alpha value is -0.900. The first kappa shape index (κ1) is 9.10. The summed E-state index contributed by atoms with van der Waals surface area (Å²) < 4.78 is 55.9. The molecule has 0 radical (unpaired) electrons. The molecule has 0 aliphatic rings. The molecule has 1 nitrogen and oxygen atoms in total. The van der Waals surface area contributed by atoms with Gasteiger partial charge in [-0.2, -0.15) is 13.2 Å². The van der Waals surface area contributed by atoms with E-state index in [1.54, 1.807) is 0 Å². The molecule has 0 aromatic carbocycles. The normalized spacial score (nSPS) is 11.4. The van der Waals surface area contributed by atoms with Crippen LogP contribution in [0.25, 0.3) is 0 Å². The Morgan fingerprint density at radius 2 is 1.70 bits per heavy atom. The monoisotopic (exact) mass is 160 g/mol. The number of allylic oxidation sites excluding steroid dienone is 1. The van der Waals surface area contributed by atoms with Gasteiger partial charge < -0.3 is 0 Å². The van der Waals surface area contributed by atoms with Crippen LogP contribution in [-0.2, 0) is 4.79 Å². The summed E-state index contributed by atoms with van der Waals surface area (Å²) in [6, 6.07) is 0. The predicted molar refractivity (Wildman–Crippen MR) is 21.3 cm³/mol. The average Bonchev–Trinajstić information content (AvgIpc) is 1.60. The molecule has 0 aromatic heterocycles. The summed E-state index contributed by atoms with van der Waals surface area (Å²) in [6.45, 7) is 0. The zero-order valence-corrected chi connectivity index (χ0v) is 4.38. The van der Waals surface area contributed by atoms with Crippen LogP contribution in [0.5, 0.6) is 0 Å². The van der Waals surface area contributed by atoms with Crippen molar-refractivity contribution in [2.24, 2.45) is 0 Å². The molecule has 0 unspecified atom stereocenters. The summed E-state index contributed by atoms with van der Waals surface area (Å²) in [5.74, 6) is 0.133. The Labute approximate surface area is 52.1 Å². The molecule has 0 fully saturated rings. The van der Waals surface area contributed by atoms with Crippen LogP contribution in [0.1, 0.15) is 0 Å². The first-order valence-corrected chi connectivity index (χ1v) is 2.00. The van der Waals surface area contributed by atoms with E-state index in [1.807, 2.05) is 0 Å². The highest BCUT2D eigenvalue weighted by Crippen LogP contribution is 2.27. The third-order valence-corrected chi connectivity index (χ3v) is 0.634. The minimum atomic E-state index is -5.27. The molecule has 0 aliphatic carbocycles. The van der Waals surface area contributed by atoms with Crippen molar-refractivity contribution in [3.8, 4) is 0 Å². The number of carbonyl (C=O) groups excluding carboxylic acids is 1. The maximum Gasteiger partial charge on any atom is 0.428 e. The Morgan fingerprint density at radius 3 is 1.70 bits per heavy atom. The van der Waals surface area contributed by atoms with Crippen molar-refractivity contribution in [3.05, 3.63) is 5.57 Å². The smallest absolute Gasteiger partial charge is 0.233 e. The van der Waals surface area contributed by atoms with Crippen molar-refractivity contribution in [2.45, 2.75) is 12.6 Å². The summed E-state index contributed by atoms with van der Waals surface area (Å²) in [6.07, 6.45) is -9.08. The molecule has 0 N–H and O–H groups in total. The molecule has 0 amide bonds. The number of hydrogen-bond acceptors (Lipinski definition) is 1. The van der Waals surface area contributed by atoms with Gasteiger partial charge in [-0.3, -0.25) is 0 Å². The van der Waals surface area contributed by atoms with Crippen LogP contribution < -0.4 is 0 Å². The van der Waals surface area contributed by atoms with E-state index in [1.165, 1.54) is 0 Å². The highest BCUT2D eigenvalue weighted by molar-refractivity contribution is 5.55. The van der Waals surface area contributed by atoms with Gasteiger partial charge in [0, 0.05) is 0 Å². The molecular formula is C4HF5O. The van der Waals surface area contributed by atoms with Crippen molar-refractivity contribution in [2.75, 3.05) is 0 Å². The summed E-state index contributed by atoms with van der Waals surface area (Å²) in [4.78, 5) is 9.23. The fraction of sp³-hybridized carbons (Fsp3) is 0.500. The Bertz CT molecular complexity index is 163. The van der Waals surface area contributed by atoms with E-state index in [-0.39, 0.29) is 5.94 Å². The van der Waals surface area contributed by atoms with Crippen LogP contribution in [0.2, 0.25) is 0 Å². The van der Waals surface area contributed by atoms with Gasteiger partial charge in [0.05, 0.1) is 0 Å². The highest BCUT2D eigenvalue weighted by Gasteiger charge is 2.41. The summed E-state index contributed by atoms with van der Waals surface area (Å²) >= 11 is 0. The van der Waals surface area contributed by atoms with Crippen molar-refractivity contribution in [3.63, 3.8) is 0 Å². The van der Waals surface area contributed by atoms with Crippen molar-refractivity contribution in [1.82, 2.24) is 0 Å². The highest BCUT2D eigenvalue weighted by atomic mass is 19.4. The summed E-state index contributed by atoms with van der Waals surface area (Å²) in [7, 11) is 0. The van der Waals surface area contributed by atoms with Gasteiger partial charge in [0.25, 0.3) is 6.43 Å². The van der Waals surface area contributed by atoms with Gasteiger partial charge in [-0.1, -0.05) is 0 Å². The van der Waals surface area contributed by atoms with E-state index < -0.39 is 18.2 Å². The minimum Gasteiger partial charge on any atom is -0.233 e. The first-order valence-electron chi connectivity index (χ1n) is 2.00. The Morgan fingerprint density at radius 1 is 1.30 bits per heavy atom. The average molecular weight is 160 g/mol. The van der Waals surface area contributed by atoms with E-state index in [0.29, 0.717) is 0 Å². The summed E-state index contributed by atoms with van der Waals surface area (Å²) in [5, 5.41) is 0. The standard InChI is InChI=1S/C4HF5O/c5-3(6)2(1-10)4(7,8)9/h3H. The van der Waals surface area contributed by atoms with Crippen LogP contribution >= 0.6 is 0 Å². The van der Waals surface area contributed by atoms with E-state index >= 15 is 0 Å². The fourth-order valence-corrected chi connectivity index (χ4v) is 0.226. The van der Waals surface area contributed by atoms with Gasteiger partial charge in [-0.05, 0) is 0 Å². The quantitative estimate of drug-likeness (QED) is 0.420. The SMILES string of the molecule is O=C=C(C(F)F)C(F)(F)F. The third-order valence-electron chi connectivity index (χ3n) is 0.634. The van der Waals surface area contributed by atoms with Gasteiger partial charge in [0.1, 0.15) is 5.94 Å². The molecule has 0 rings (SSSR count). The lowest BCUT2D eigenvalue weighted by Gasteiger charge is -2.04. The maximum absolute atomic E-state index is 11.2. The number of alkyl halides is 5. The van der Waals surface area contributed by atoms with Crippen LogP contribution in [-0.4, -0.2) is 18.5 Å². The zero-order chi connectivity index (χ0) is 8.36. The minimum absolute atomic E-state index is 0.133. The lowest BCUT2D eigenvalue weighted by Crippen LogP contribution is -2.18. The topological polar surface area (TPSA) is 17.1 Å². The second-order valence-electron chi connectivity index (χ2n) is 1.31. The van der Waals surface area contributed by atoms with E-state index in [9.17, 15) is 26.7 Å². The number of halogens is 5. The number of hydrogen-bond donors (Lipinski definition) is 0. The number of rotatable bonds is 1. The Kier molecular flexibility index (Phi) is 2.54. The van der Waals surface area contributed by atoms with Gasteiger partial charge in [-0.25, -0.2) is 13.6 Å². The first-order chi connectivity index (χ1) is 4.39. The van der Waals surface area contributed by atoms with E-state index in [2.05, 4.69) is 0 Å².